The van der Waals surface area contributed by atoms with Crippen LogP contribution in [0.5, 0.6) is 0 Å². The first-order valence-electron chi connectivity index (χ1n) is 7.34. The highest BCUT2D eigenvalue weighted by Gasteiger charge is 2.14. The van der Waals surface area contributed by atoms with Crippen LogP contribution in [-0.4, -0.2) is 4.57 Å². The average Bonchev–Trinajstić information content (AvgIpc) is 2.70. The number of aryl methyl sites for hydroxylation is 1. The van der Waals surface area contributed by atoms with Gasteiger partial charge in [-0.25, -0.2) is 0 Å². The summed E-state index contributed by atoms with van der Waals surface area (Å²) in [6, 6.07) is 19.3. The molecule has 0 N–H and O–H groups in total. The number of benzene rings is 2. The number of aromatic nitrogens is 1. The molecule has 0 saturated heterocycles. The lowest BCUT2D eigenvalue weighted by Crippen LogP contribution is -1.90. The van der Waals surface area contributed by atoms with Gasteiger partial charge in [0.25, 0.3) is 0 Å². The largest absolute Gasteiger partial charge is 0.344 e. The zero-order valence-electron chi connectivity index (χ0n) is 12.1. The molecule has 0 amide bonds. The van der Waals surface area contributed by atoms with E-state index >= 15 is 0 Å². The van der Waals surface area contributed by atoms with Crippen LogP contribution in [0, 0.1) is 0 Å². The zero-order chi connectivity index (χ0) is 14.2. The molecule has 1 nitrogen and oxygen atoms in total. The fourth-order valence-electron chi connectivity index (χ4n) is 3.18. The molecule has 0 bridgehead atoms. The number of hydrogen-bond acceptors (Lipinski definition) is 0. The van der Waals surface area contributed by atoms with Gasteiger partial charge in [0.1, 0.15) is 0 Å². The van der Waals surface area contributed by atoms with Crippen molar-refractivity contribution in [3.05, 3.63) is 77.5 Å². The maximum atomic E-state index is 2.35. The molecule has 0 unspecified atom stereocenters. The first-order valence-corrected chi connectivity index (χ1v) is 7.34. The fourth-order valence-corrected chi connectivity index (χ4v) is 3.18. The van der Waals surface area contributed by atoms with Gasteiger partial charge in [0.05, 0.1) is 0 Å². The average molecular weight is 271 g/mol. The Morgan fingerprint density at radius 1 is 0.905 bits per heavy atom. The predicted octanol–water partition coefficient (Wildman–Crippen LogP) is 5.14. The molecule has 0 radical (unpaired) electrons. The van der Waals surface area contributed by atoms with Gasteiger partial charge in [0.15, 0.2) is 0 Å². The van der Waals surface area contributed by atoms with Crippen LogP contribution < -0.4 is 0 Å². The Hall–Kier alpha value is -2.54. The number of allylic oxidation sites excluding steroid dienone is 2. The topological polar surface area (TPSA) is 4.93 Å². The molecule has 2 aromatic carbocycles. The van der Waals surface area contributed by atoms with Gasteiger partial charge in [0, 0.05) is 29.2 Å². The van der Waals surface area contributed by atoms with Crippen LogP contribution in [0.25, 0.3) is 28.6 Å². The minimum absolute atomic E-state index is 0.979. The molecule has 1 aliphatic carbocycles. The molecule has 0 aliphatic heterocycles. The number of hydrogen-bond donors (Lipinski definition) is 0. The molecule has 0 atom stereocenters. The van der Waals surface area contributed by atoms with E-state index in [1.165, 1.54) is 33.3 Å². The standard InChI is InChI=1S/C20H17N/c1-21-19-12-6-5-11-17(19)18-14-16(10-7-13-20(18)21)15-8-3-2-4-9-15/h2-9,11-14H,10H2,1H3. The van der Waals surface area contributed by atoms with Gasteiger partial charge in [-0.05, 0) is 35.8 Å². The second-order valence-electron chi connectivity index (χ2n) is 5.52. The van der Waals surface area contributed by atoms with Crippen molar-refractivity contribution in [1.82, 2.24) is 4.57 Å². The van der Waals surface area contributed by atoms with Gasteiger partial charge in [-0.3, -0.25) is 0 Å². The van der Waals surface area contributed by atoms with E-state index in [2.05, 4.69) is 84.4 Å². The molecule has 0 spiro atoms. The van der Waals surface area contributed by atoms with Gasteiger partial charge in [-0.15, -0.1) is 0 Å². The van der Waals surface area contributed by atoms with Gasteiger partial charge in [-0.2, -0.15) is 0 Å². The second-order valence-corrected chi connectivity index (χ2v) is 5.52. The van der Waals surface area contributed by atoms with Crippen LogP contribution in [0.15, 0.2) is 60.7 Å². The van der Waals surface area contributed by atoms with Crippen molar-refractivity contribution in [3.8, 4) is 0 Å². The van der Waals surface area contributed by atoms with E-state index in [4.69, 9.17) is 0 Å². The SMILES string of the molecule is Cn1c2c(c3ccccc31)C=C(c1ccccc1)CC=C2. The first-order chi connectivity index (χ1) is 10.3. The van der Waals surface area contributed by atoms with Crippen LogP contribution in [-0.2, 0) is 7.05 Å². The molecular weight excluding hydrogens is 254 g/mol. The summed E-state index contributed by atoms with van der Waals surface area (Å²) < 4.78 is 2.28. The van der Waals surface area contributed by atoms with E-state index in [0.29, 0.717) is 0 Å². The number of para-hydroxylation sites is 1. The number of nitrogens with zero attached hydrogens (tertiary/aromatic N) is 1. The summed E-state index contributed by atoms with van der Waals surface area (Å²) in [4.78, 5) is 0. The third-order valence-corrected chi connectivity index (χ3v) is 4.27. The van der Waals surface area contributed by atoms with Crippen molar-refractivity contribution in [3.63, 3.8) is 0 Å². The summed E-state index contributed by atoms with van der Waals surface area (Å²) in [6.07, 6.45) is 7.85. The van der Waals surface area contributed by atoms with E-state index < -0.39 is 0 Å². The Morgan fingerprint density at radius 2 is 1.67 bits per heavy atom. The molecule has 1 aromatic heterocycles. The Balaban J connectivity index is 1.99. The molecule has 21 heavy (non-hydrogen) atoms. The molecule has 0 fully saturated rings. The van der Waals surface area contributed by atoms with Gasteiger partial charge >= 0.3 is 0 Å². The Bertz CT molecular complexity index is 863. The third-order valence-electron chi connectivity index (χ3n) is 4.27. The smallest absolute Gasteiger partial charge is 0.0488 e. The van der Waals surface area contributed by atoms with E-state index in [9.17, 15) is 0 Å². The fraction of sp³-hybridized carbons (Fsp3) is 0.100. The van der Waals surface area contributed by atoms with Crippen LogP contribution in [0.2, 0.25) is 0 Å². The first kappa shape index (κ1) is 12.2. The van der Waals surface area contributed by atoms with E-state index in [1.807, 2.05) is 0 Å². The van der Waals surface area contributed by atoms with Crippen molar-refractivity contribution in [2.24, 2.45) is 7.05 Å². The number of rotatable bonds is 1. The highest BCUT2D eigenvalue weighted by molar-refractivity contribution is 5.99. The molecule has 1 heterocycles. The summed E-state index contributed by atoms with van der Waals surface area (Å²) in [5.41, 5.74) is 6.60. The predicted molar refractivity (Wildman–Crippen MR) is 90.9 cm³/mol. The molecule has 4 rings (SSSR count). The van der Waals surface area contributed by atoms with Gasteiger partial charge in [0.2, 0.25) is 0 Å². The van der Waals surface area contributed by atoms with E-state index in [0.717, 1.165) is 6.42 Å². The van der Waals surface area contributed by atoms with Crippen molar-refractivity contribution >= 4 is 28.6 Å². The Labute approximate surface area is 124 Å². The summed E-state index contributed by atoms with van der Waals surface area (Å²) in [7, 11) is 2.15. The normalized spacial score (nSPS) is 13.9. The second kappa shape index (κ2) is 4.78. The van der Waals surface area contributed by atoms with E-state index in [1.54, 1.807) is 0 Å². The summed E-state index contributed by atoms with van der Waals surface area (Å²) in [5.74, 6) is 0. The van der Waals surface area contributed by atoms with Crippen molar-refractivity contribution in [2.75, 3.05) is 0 Å². The van der Waals surface area contributed by atoms with Crippen LogP contribution >= 0.6 is 0 Å². The molecular formula is C20H17N. The minimum atomic E-state index is 0.979. The lowest BCUT2D eigenvalue weighted by atomic mass is 10.0. The van der Waals surface area contributed by atoms with Crippen LogP contribution in [0.4, 0.5) is 0 Å². The Kier molecular flexibility index (Phi) is 2.78. The van der Waals surface area contributed by atoms with Crippen molar-refractivity contribution in [1.29, 1.82) is 0 Å². The lowest BCUT2D eigenvalue weighted by Gasteiger charge is -2.04. The van der Waals surface area contributed by atoms with E-state index in [-0.39, 0.29) is 0 Å². The highest BCUT2D eigenvalue weighted by atomic mass is 14.9. The van der Waals surface area contributed by atoms with Crippen molar-refractivity contribution in [2.45, 2.75) is 6.42 Å². The summed E-state index contributed by atoms with van der Waals surface area (Å²) in [6.45, 7) is 0. The van der Waals surface area contributed by atoms with Crippen molar-refractivity contribution < 1.29 is 0 Å². The van der Waals surface area contributed by atoms with Crippen LogP contribution in [0.3, 0.4) is 0 Å². The molecule has 3 aromatic rings. The van der Waals surface area contributed by atoms with Gasteiger partial charge < -0.3 is 4.57 Å². The third kappa shape index (κ3) is 1.93. The molecule has 102 valence electrons. The zero-order valence-corrected chi connectivity index (χ0v) is 12.1. The van der Waals surface area contributed by atoms with Gasteiger partial charge in [-0.1, -0.05) is 54.6 Å². The molecule has 1 heteroatoms. The molecule has 1 aliphatic rings. The number of fused-ring (bicyclic) bond motifs is 3. The summed E-state index contributed by atoms with van der Waals surface area (Å²) >= 11 is 0. The minimum Gasteiger partial charge on any atom is -0.344 e. The monoisotopic (exact) mass is 271 g/mol. The maximum absolute atomic E-state index is 2.35. The Morgan fingerprint density at radius 3 is 2.52 bits per heavy atom. The van der Waals surface area contributed by atoms with Crippen LogP contribution in [0.1, 0.15) is 23.2 Å². The maximum Gasteiger partial charge on any atom is 0.0488 e. The lowest BCUT2D eigenvalue weighted by molar-refractivity contribution is 0.953. The summed E-state index contributed by atoms with van der Waals surface area (Å²) in [5, 5.41) is 1.33. The molecule has 0 saturated carbocycles. The quantitative estimate of drug-likeness (QED) is 0.578. The highest BCUT2D eigenvalue weighted by Crippen LogP contribution is 2.33.